The van der Waals surface area contributed by atoms with Gasteiger partial charge < -0.3 is 34.7 Å². The van der Waals surface area contributed by atoms with Gasteiger partial charge in [-0.3, -0.25) is 9.36 Å². The second kappa shape index (κ2) is 12.5. The number of esters is 1. The summed E-state index contributed by atoms with van der Waals surface area (Å²) in [6.45, 7) is 4.28. The number of hydrogen-bond donors (Lipinski definition) is 4. The molecule has 0 aromatic carbocycles. The van der Waals surface area contributed by atoms with Gasteiger partial charge in [0.05, 0.1) is 18.9 Å². The van der Waals surface area contributed by atoms with Gasteiger partial charge in [0.15, 0.2) is 5.82 Å². The zero-order valence-corrected chi connectivity index (χ0v) is 20.1. The van der Waals surface area contributed by atoms with Gasteiger partial charge in [-0.1, -0.05) is 13.3 Å². The van der Waals surface area contributed by atoms with Crippen LogP contribution in [0.2, 0.25) is 0 Å². The Morgan fingerprint density at radius 2 is 2.12 bits per heavy atom. The lowest BCUT2D eigenvalue weighted by molar-refractivity contribution is -0.146. The zero-order chi connectivity index (χ0) is 24.7. The number of aliphatic hydroxyl groups is 2. The van der Waals surface area contributed by atoms with Crippen LogP contribution in [0.1, 0.15) is 38.5 Å². The van der Waals surface area contributed by atoms with Crippen LogP contribution in [-0.4, -0.2) is 81.6 Å². The molecule has 2 aromatic rings. The van der Waals surface area contributed by atoms with Crippen LogP contribution in [0.4, 0.5) is 5.82 Å². The Morgan fingerprint density at radius 3 is 2.88 bits per heavy atom. The maximum absolute atomic E-state index is 12.3. The molecule has 1 aliphatic heterocycles. The summed E-state index contributed by atoms with van der Waals surface area (Å²) in [5.74, 6) is -0.328. The molecule has 1 saturated heterocycles. The van der Waals surface area contributed by atoms with Crippen LogP contribution >= 0.6 is 8.18 Å². The number of nitrogens with two attached hydrogens (primary N) is 1. The third kappa shape index (κ3) is 6.51. The molecule has 0 spiro atoms. The Labute approximate surface area is 197 Å². The minimum atomic E-state index is -2.86. The number of fused-ring (bicyclic) bond motifs is 1. The minimum absolute atomic E-state index is 0.0999. The molecule has 1 fully saturated rings. The molecule has 1 aliphatic rings. The summed E-state index contributed by atoms with van der Waals surface area (Å²) in [5, 5.41) is 27.5. The largest absolute Gasteiger partial charge is 0.462 e. The Morgan fingerprint density at radius 1 is 1.32 bits per heavy atom. The first-order valence-electron chi connectivity index (χ1n) is 11.1. The number of unbranched alkanes of at least 4 members (excludes halogenated alkanes) is 1. The molecule has 0 saturated carbocycles. The molecule has 3 heterocycles. The fourth-order valence-corrected chi connectivity index (χ4v) is 4.30. The smallest absolute Gasteiger partial charge is 0.323 e. The van der Waals surface area contributed by atoms with Crippen molar-refractivity contribution in [2.75, 3.05) is 32.2 Å². The predicted molar refractivity (Wildman–Crippen MR) is 121 cm³/mol. The van der Waals surface area contributed by atoms with Crippen molar-refractivity contribution in [1.82, 2.24) is 19.7 Å². The number of anilines is 1. The number of aromatic nitrogens is 3. The van der Waals surface area contributed by atoms with Gasteiger partial charge >= 0.3 is 5.97 Å². The van der Waals surface area contributed by atoms with Gasteiger partial charge in [0.25, 0.3) is 8.18 Å². The summed E-state index contributed by atoms with van der Waals surface area (Å²) in [6, 6.07) is 2.47. The molecule has 3 rings (SSSR count). The minimum Gasteiger partial charge on any atom is -0.462 e. The van der Waals surface area contributed by atoms with Crippen LogP contribution in [-0.2, 0) is 28.1 Å². The van der Waals surface area contributed by atoms with E-state index in [2.05, 4.69) is 22.1 Å². The highest BCUT2D eigenvalue weighted by Gasteiger charge is 2.45. The maximum Gasteiger partial charge on any atom is 0.323 e. The highest BCUT2D eigenvalue weighted by atomic mass is 31.1. The Balaban J connectivity index is 1.45. The number of rotatable bonds is 13. The molecule has 34 heavy (non-hydrogen) atoms. The number of hydrogen-bond acceptors (Lipinski definition) is 11. The van der Waals surface area contributed by atoms with E-state index in [9.17, 15) is 19.6 Å². The van der Waals surface area contributed by atoms with Gasteiger partial charge in [-0.2, -0.15) is 5.10 Å². The molecule has 190 valence electrons. The molecule has 5 N–H and O–H groups in total. The normalized spacial score (nSPS) is 24.4. The number of carbonyl (C=O) groups excluding carboxylic acids is 1. The Kier molecular flexibility index (Phi) is 9.77. The third-order valence-electron chi connectivity index (χ3n) is 5.35. The van der Waals surface area contributed by atoms with E-state index in [1.54, 1.807) is 12.1 Å². The molecule has 6 atom stereocenters. The van der Waals surface area contributed by atoms with Gasteiger partial charge in [-0.15, -0.1) is 0 Å². The van der Waals surface area contributed by atoms with Crippen molar-refractivity contribution in [3.8, 4) is 0 Å². The number of ether oxygens (including phenoxy) is 3. The van der Waals surface area contributed by atoms with Gasteiger partial charge in [0.2, 0.25) is 0 Å². The lowest BCUT2D eigenvalue weighted by Crippen LogP contribution is -2.34. The fourth-order valence-electron chi connectivity index (χ4n) is 3.43. The summed E-state index contributed by atoms with van der Waals surface area (Å²) < 4.78 is 35.1. The molecule has 1 unspecified atom stereocenters. The van der Waals surface area contributed by atoms with Gasteiger partial charge in [-0.05, 0) is 25.5 Å². The average Bonchev–Trinajstić information content (AvgIpc) is 3.36. The molecule has 0 aliphatic carbocycles. The first kappa shape index (κ1) is 26.5. The van der Waals surface area contributed by atoms with E-state index in [0.717, 1.165) is 12.8 Å². The van der Waals surface area contributed by atoms with Crippen molar-refractivity contribution in [2.45, 2.75) is 57.1 Å². The predicted octanol–water partition coefficient (Wildman–Crippen LogP) is 0.218. The molecule has 13 nitrogen and oxygen atoms in total. The number of nitrogens with one attached hydrogen (secondary N) is 1. The highest BCUT2D eigenvalue weighted by molar-refractivity contribution is 7.36. The van der Waals surface area contributed by atoms with Crippen LogP contribution in [0.15, 0.2) is 18.5 Å². The highest BCUT2D eigenvalue weighted by Crippen LogP contribution is 2.35. The van der Waals surface area contributed by atoms with E-state index in [-0.39, 0.29) is 19.0 Å². The van der Waals surface area contributed by atoms with Crippen LogP contribution in [0.25, 0.3) is 5.52 Å². The lowest BCUT2D eigenvalue weighted by atomic mass is 10.1. The van der Waals surface area contributed by atoms with Crippen LogP contribution in [0.3, 0.4) is 0 Å². The van der Waals surface area contributed by atoms with Crippen molar-refractivity contribution in [3.05, 3.63) is 24.2 Å². The average molecular weight is 501 g/mol. The summed E-state index contributed by atoms with van der Waals surface area (Å²) in [7, 11) is -2.86. The van der Waals surface area contributed by atoms with E-state index < -0.39 is 44.6 Å². The van der Waals surface area contributed by atoms with Crippen molar-refractivity contribution in [3.63, 3.8) is 0 Å². The Hall–Kier alpha value is -2.12. The van der Waals surface area contributed by atoms with E-state index in [0.29, 0.717) is 24.4 Å². The van der Waals surface area contributed by atoms with E-state index >= 15 is 0 Å². The summed E-state index contributed by atoms with van der Waals surface area (Å²) in [6.07, 6.45) is -1.20. The lowest BCUT2D eigenvalue weighted by Gasteiger charge is -2.17. The summed E-state index contributed by atoms with van der Waals surface area (Å²) in [4.78, 5) is 15.9. The van der Waals surface area contributed by atoms with Crippen LogP contribution in [0.5, 0.6) is 0 Å². The van der Waals surface area contributed by atoms with Crippen molar-refractivity contribution in [1.29, 1.82) is 0 Å². The topological polar surface area (TPSA) is 180 Å². The third-order valence-corrected chi connectivity index (χ3v) is 6.44. The SMILES string of the molecule is CCCCOCCOC(=O)[C@H](C)N[PH](=O)OC[C@H]1O[C@@H](c2ccc3c(N)ncnn23)[C@H](O)[C@@H]1O. The zero-order valence-electron chi connectivity index (χ0n) is 19.1. The Bertz CT molecular complexity index is 976. The summed E-state index contributed by atoms with van der Waals surface area (Å²) in [5.41, 5.74) is 6.83. The van der Waals surface area contributed by atoms with E-state index in [1.807, 2.05) is 0 Å². The standard InChI is InChI=1S/C20H32N5O8P/c1-3-4-7-30-8-9-31-20(28)12(2)24-34(29)32-10-15-16(26)17(27)18(33-15)13-5-6-14-19(21)22-11-23-25(13)14/h5-6,11-12,15-18,26-27,34H,3-4,7-10H2,1-2H3,(H,24,29)(H2,21,22,23)/t12-,15+,16+,17+,18-/m0/s1. The molecule has 14 heteroatoms. The fraction of sp³-hybridized carbons (Fsp3) is 0.650. The van der Waals surface area contributed by atoms with E-state index in [1.165, 1.54) is 17.8 Å². The molecule has 0 amide bonds. The first-order chi connectivity index (χ1) is 16.3. The molecular formula is C20H32N5O8P. The second-order valence-corrected chi connectivity index (χ2v) is 9.03. The second-order valence-electron chi connectivity index (χ2n) is 7.87. The maximum atomic E-state index is 12.3. The number of nitrogen functional groups attached to an aromatic ring is 1. The van der Waals surface area contributed by atoms with Gasteiger partial charge in [-0.25, -0.2) is 14.6 Å². The van der Waals surface area contributed by atoms with Gasteiger partial charge in [0, 0.05) is 6.61 Å². The molecule has 0 radical (unpaired) electrons. The van der Waals surface area contributed by atoms with Crippen LogP contribution < -0.4 is 10.8 Å². The monoisotopic (exact) mass is 501 g/mol. The van der Waals surface area contributed by atoms with Crippen molar-refractivity contribution < 1.29 is 38.3 Å². The quantitative estimate of drug-likeness (QED) is 0.167. The molecule has 0 bridgehead atoms. The summed E-state index contributed by atoms with van der Waals surface area (Å²) >= 11 is 0. The first-order valence-corrected chi connectivity index (χ1v) is 12.4. The number of carbonyl (C=O) groups is 1. The molecule has 2 aromatic heterocycles. The van der Waals surface area contributed by atoms with Gasteiger partial charge in [0.1, 0.15) is 48.9 Å². The van der Waals surface area contributed by atoms with Crippen molar-refractivity contribution in [2.24, 2.45) is 0 Å². The van der Waals surface area contributed by atoms with Crippen LogP contribution in [0, 0.1) is 0 Å². The number of aliphatic hydroxyl groups excluding tert-OH is 2. The number of nitrogens with zero attached hydrogens (tertiary/aromatic N) is 3. The van der Waals surface area contributed by atoms with E-state index in [4.69, 9.17) is 24.5 Å². The molecular weight excluding hydrogens is 469 g/mol. The van der Waals surface area contributed by atoms with Crippen molar-refractivity contribution >= 4 is 25.5 Å².